The van der Waals surface area contributed by atoms with Crippen LogP contribution in [0.4, 0.5) is 0 Å². The molecule has 0 saturated heterocycles. The van der Waals surface area contributed by atoms with Crippen LogP contribution in [0.2, 0.25) is 0 Å². The number of fused-ring (bicyclic) bond motifs is 1. The van der Waals surface area contributed by atoms with Gasteiger partial charge in [0.2, 0.25) is 11.8 Å². The number of amides is 1. The fourth-order valence-corrected chi connectivity index (χ4v) is 3.50. The van der Waals surface area contributed by atoms with Crippen LogP contribution in [-0.2, 0) is 24.3 Å². The van der Waals surface area contributed by atoms with E-state index in [0.717, 1.165) is 23.8 Å². The van der Waals surface area contributed by atoms with Crippen LogP contribution in [-0.4, -0.2) is 37.1 Å². The smallest absolute Gasteiger partial charge is 0.229 e. The molecule has 0 N–H and O–H groups in total. The molecule has 1 amide bonds. The zero-order chi connectivity index (χ0) is 16.7. The number of thiophene rings is 1. The second-order valence-electron chi connectivity index (χ2n) is 5.84. The van der Waals surface area contributed by atoms with Crippen molar-refractivity contribution < 1.29 is 9.21 Å². The maximum atomic E-state index is 12.6. The van der Waals surface area contributed by atoms with Gasteiger partial charge in [-0.1, -0.05) is 0 Å². The second kappa shape index (κ2) is 5.86. The lowest BCUT2D eigenvalue weighted by Gasteiger charge is -2.27. The van der Waals surface area contributed by atoms with Gasteiger partial charge in [0.05, 0.1) is 18.7 Å². The third kappa shape index (κ3) is 2.62. The number of aromatic nitrogens is 4. The Labute approximate surface area is 142 Å². The van der Waals surface area contributed by atoms with Gasteiger partial charge in [-0.25, -0.2) is 4.98 Å². The van der Waals surface area contributed by atoms with Gasteiger partial charge in [0.15, 0.2) is 5.82 Å². The number of rotatable bonds is 3. The molecule has 8 heteroatoms. The first kappa shape index (κ1) is 15.1. The van der Waals surface area contributed by atoms with Crippen LogP contribution in [0.5, 0.6) is 0 Å². The summed E-state index contributed by atoms with van der Waals surface area (Å²) in [5, 5.41) is 12.2. The van der Waals surface area contributed by atoms with Crippen molar-refractivity contribution in [3.8, 4) is 11.5 Å². The summed E-state index contributed by atoms with van der Waals surface area (Å²) >= 11 is 1.59. The Balaban J connectivity index is 1.49. The molecule has 124 valence electrons. The van der Waals surface area contributed by atoms with Gasteiger partial charge < -0.3 is 13.9 Å². The molecule has 0 bridgehead atoms. The van der Waals surface area contributed by atoms with Crippen LogP contribution >= 0.6 is 11.3 Å². The topological polar surface area (TPSA) is 77.0 Å². The molecule has 4 heterocycles. The zero-order valence-electron chi connectivity index (χ0n) is 13.5. The number of nitrogens with zero attached hydrogens (tertiary/aromatic N) is 5. The molecule has 0 spiro atoms. The molecule has 0 radical (unpaired) electrons. The zero-order valence-corrected chi connectivity index (χ0v) is 14.3. The van der Waals surface area contributed by atoms with Crippen LogP contribution in [0.25, 0.3) is 11.5 Å². The van der Waals surface area contributed by atoms with Crippen LogP contribution in [0.15, 0.2) is 21.2 Å². The summed E-state index contributed by atoms with van der Waals surface area (Å²) in [5.74, 6) is 3.04. The lowest BCUT2D eigenvalue weighted by atomic mass is 10.2. The van der Waals surface area contributed by atoms with Crippen molar-refractivity contribution in [3.05, 3.63) is 39.9 Å². The lowest BCUT2D eigenvalue weighted by molar-refractivity contribution is -0.132. The Kier molecular flexibility index (Phi) is 3.68. The number of aryl methyl sites for hydroxylation is 2. The van der Waals surface area contributed by atoms with Gasteiger partial charge in [-0.15, -0.1) is 10.2 Å². The molecule has 0 fully saturated rings. The van der Waals surface area contributed by atoms with Crippen LogP contribution < -0.4 is 0 Å². The molecule has 1 aliphatic rings. The van der Waals surface area contributed by atoms with Crippen molar-refractivity contribution in [1.82, 2.24) is 24.6 Å². The highest BCUT2D eigenvalue weighted by Crippen LogP contribution is 2.24. The van der Waals surface area contributed by atoms with Gasteiger partial charge in [-0.3, -0.25) is 4.79 Å². The first-order valence-electron chi connectivity index (χ1n) is 7.77. The van der Waals surface area contributed by atoms with Gasteiger partial charge in [-0.05, 0) is 25.3 Å². The molecule has 0 aromatic carbocycles. The minimum atomic E-state index is 0.0372. The first-order valence-corrected chi connectivity index (χ1v) is 8.71. The van der Waals surface area contributed by atoms with E-state index < -0.39 is 0 Å². The van der Waals surface area contributed by atoms with Crippen molar-refractivity contribution in [2.24, 2.45) is 0 Å². The molecule has 0 saturated carbocycles. The quantitative estimate of drug-likeness (QED) is 0.728. The number of carbonyl (C=O) groups excluding carboxylic acids is 1. The predicted octanol–water partition coefficient (Wildman–Crippen LogP) is 2.20. The minimum Gasteiger partial charge on any atom is -0.441 e. The Morgan fingerprint density at radius 1 is 1.33 bits per heavy atom. The number of hydrogen-bond donors (Lipinski definition) is 0. The highest BCUT2D eigenvalue weighted by Gasteiger charge is 2.25. The van der Waals surface area contributed by atoms with Gasteiger partial charge in [0, 0.05) is 24.0 Å². The van der Waals surface area contributed by atoms with E-state index in [1.807, 2.05) is 35.6 Å². The number of hydrogen-bond acceptors (Lipinski definition) is 6. The monoisotopic (exact) mass is 343 g/mol. The first-order chi connectivity index (χ1) is 11.6. The average Bonchev–Trinajstić information content (AvgIpc) is 3.29. The Morgan fingerprint density at radius 2 is 2.21 bits per heavy atom. The molecule has 3 aromatic heterocycles. The Bertz CT molecular complexity index is 881. The number of carbonyl (C=O) groups is 1. The summed E-state index contributed by atoms with van der Waals surface area (Å²) in [6.45, 7) is 5.67. The van der Waals surface area contributed by atoms with Gasteiger partial charge in [-0.2, -0.15) is 11.3 Å². The fraction of sp³-hybridized carbons (Fsp3) is 0.375. The van der Waals surface area contributed by atoms with Crippen molar-refractivity contribution in [2.75, 3.05) is 6.54 Å². The number of oxazole rings is 1. The van der Waals surface area contributed by atoms with Crippen LogP contribution in [0.3, 0.4) is 0 Å². The van der Waals surface area contributed by atoms with Crippen molar-refractivity contribution in [3.63, 3.8) is 0 Å². The largest absolute Gasteiger partial charge is 0.441 e. The minimum absolute atomic E-state index is 0.0372. The predicted molar refractivity (Wildman–Crippen MR) is 88.4 cm³/mol. The highest BCUT2D eigenvalue weighted by atomic mass is 32.1. The van der Waals surface area contributed by atoms with Crippen LogP contribution in [0, 0.1) is 13.8 Å². The van der Waals surface area contributed by atoms with E-state index in [9.17, 15) is 4.79 Å². The van der Waals surface area contributed by atoms with Crippen molar-refractivity contribution in [2.45, 2.75) is 33.4 Å². The normalized spacial score (nSPS) is 14.0. The molecule has 7 nitrogen and oxygen atoms in total. The molecule has 0 unspecified atom stereocenters. The van der Waals surface area contributed by atoms with E-state index in [1.54, 1.807) is 11.3 Å². The third-order valence-electron chi connectivity index (χ3n) is 4.27. The van der Waals surface area contributed by atoms with Gasteiger partial charge in [0.25, 0.3) is 0 Å². The highest BCUT2D eigenvalue weighted by molar-refractivity contribution is 7.08. The lowest BCUT2D eigenvalue weighted by Crippen LogP contribution is -2.39. The third-order valence-corrected chi connectivity index (χ3v) is 4.95. The average molecular weight is 343 g/mol. The van der Waals surface area contributed by atoms with Crippen molar-refractivity contribution in [1.29, 1.82) is 0 Å². The maximum absolute atomic E-state index is 12.6. The van der Waals surface area contributed by atoms with E-state index >= 15 is 0 Å². The SMILES string of the molecule is Cc1oc(-c2ccsc2)nc1CC(=O)N1CCn2c(C)nnc2C1. The second-order valence-corrected chi connectivity index (χ2v) is 6.62. The van der Waals surface area contributed by atoms with Gasteiger partial charge >= 0.3 is 0 Å². The Hall–Kier alpha value is -2.48. The standard InChI is InChI=1S/C16H17N5O2S/c1-10-13(17-16(23-10)12-3-6-24-9-12)7-15(22)20-4-5-21-11(2)18-19-14(21)8-20/h3,6,9H,4-5,7-8H2,1-2H3. The summed E-state index contributed by atoms with van der Waals surface area (Å²) < 4.78 is 7.76. The molecule has 24 heavy (non-hydrogen) atoms. The molecule has 0 atom stereocenters. The summed E-state index contributed by atoms with van der Waals surface area (Å²) in [6.07, 6.45) is 0.243. The van der Waals surface area contributed by atoms with Gasteiger partial charge in [0.1, 0.15) is 11.6 Å². The molecule has 4 rings (SSSR count). The van der Waals surface area contributed by atoms with E-state index in [1.165, 1.54) is 0 Å². The summed E-state index contributed by atoms with van der Waals surface area (Å²) in [6, 6.07) is 1.96. The molecule has 0 aliphatic carbocycles. The van der Waals surface area contributed by atoms with Crippen LogP contribution in [0.1, 0.15) is 23.1 Å². The molecular formula is C16H17N5O2S. The molecule has 3 aromatic rings. The Morgan fingerprint density at radius 3 is 3.00 bits per heavy atom. The summed E-state index contributed by atoms with van der Waals surface area (Å²) in [5.41, 5.74) is 1.65. The maximum Gasteiger partial charge on any atom is 0.229 e. The molecule has 1 aliphatic heterocycles. The van der Waals surface area contributed by atoms with E-state index in [4.69, 9.17) is 4.42 Å². The van der Waals surface area contributed by atoms with E-state index in [-0.39, 0.29) is 12.3 Å². The van der Waals surface area contributed by atoms with E-state index in [2.05, 4.69) is 19.7 Å². The van der Waals surface area contributed by atoms with Crippen molar-refractivity contribution >= 4 is 17.2 Å². The van der Waals surface area contributed by atoms with E-state index in [0.29, 0.717) is 30.4 Å². The fourth-order valence-electron chi connectivity index (χ4n) is 2.87. The summed E-state index contributed by atoms with van der Waals surface area (Å²) in [4.78, 5) is 18.9. The molecular weight excluding hydrogens is 326 g/mol. The summed E-state index contributed by atoms with van der Waals surface area (Å²) in [7, 11) is 0.